The fourth-order valence-corrected chi connectivity index (χ4v) is 2.66. The lowest BCUT2D eigenvalue weighted by atomic mass is 9.86. The normalized spacial score (nSPS) is 12.6. The molecule has 0 saturated carbocycles. The molecule has 1 heterocycles. The van der Waals surface area contributed by atoms with Crippen LogP contribution in [0.5, 0.6) is 0 Å². The second-order valence-corrected chi connectivity index (χ2v) is 7.10. The van der Waals surface area contributed by atoms with E-state index in [1.54, 1.807) is 0 Å². The first kappa shape index (κ1) is 15.1. The summed E-state index contributed by atoms with van der Waals surface area (Å²) in [6, 6.07) is 7.38. The van der Waals surface area contributed by atoms with Crippen LogP contribution in [0.25, 0.3) is 10.9 Å². The zero-order valence-corrected chi connectivity index (χ0v) is 13.7. The van der Waals surface area contributed by atoms with Crippen LogP contribution in [0.2, 0.25) is 0 Å². The van der Waals surface area contributed by atoms with E-state index in [0.717, 1.165) is 13.0 Å². The van der Waals surface area contributed by atoms with Crippen LogP contribution in [-0.4, -0.2) is 17.6 Å². The topological polar surface area (TPSA) is 27.8 Å². The molecule has 0 fully saturated rings. The van der Waals surface area contributed by atoms with E-state index in [4.69, 9.17) is 0 Å². The van der Waals surface area contributed by atoms with Crippen molar-refractivity contribution in [3.05, 3.63) is 35.0 Å². The zero-order chi connectivity index (χ0) is 14.9. The number of H-pyrrole nitrogens is 1. The van der Waals surface area contributed by atoms with Gasteiger partial charge in [-0.2, -0.15) is 0 Å². The summed E-state index contributed by atoms with van der Waals surface area (Å²) in [5.41, 5.74) is 5.63. The van der Waals surface area contributed by atoms with Gasteiger partial charge in [0, 0.05) is 22.6 Å². The van der Waals surface area contributed by atoms with Gasteiger partial charge >= 0.3 is 0 Å². The van der Waals surface area contributed by atoms with Crippen molar-refractivity contribution < 1.29 is 0 Å². The van der Waals surface area contributed by atoms with Crippen LogP contribution in [0, 0.1) is 6.92 Å². The average molecular weight is 272 g/mol. The van der Waals surface area contributed by atoms with E-state index in [2.05, 4.69) is 70.0 Å². The first-order valence-corrected chi connectivity index (χ1v) is 7.64. The van der Waals surface area contributed by atoms with E-state index in [0.29, 0.717) is 6.04 Å². The first-order chi connectivity index (χ1) is 9.29. The lowest BCUT2D eigenvalue weighted by molar-refractivity contribution is 0.589. The highest BCUT2D eigenvalue weighted by atomic mass is 14.9. The lowest BCUT2D eigenvalue weighted by Crippen LogP contribution is -2.25. The van der Waals surface area contributed by atoms with Gasteiger partial charge in [-0.25, -0.2) is 0 Å². The van der Waals surface area contributed by atoms with E-state index in [-0.39, 0.29) is 5.41 Å². The van der Waals surface area contributed by atoms with Crippen molar-refractivity contribution in [1.82, 2.24) is 10.3 Å². The Morgan fingerprint density at radius 1 is 1.20 bits per heavy atom. The van der Waals surface area contributed by atoms with Crippen LogP contribution >= 0.6 is 0 Å². The summed E-state index contributed by atoms with van der Waals surface area (Å²) in [7, 11) is 0. The van der Waals surface area contributed by atoms with Crippen molar-refractivity contribution in [2.75, 3.05) is 6.54 Å². The summed E-state index contributed by atoms with van der Waals surface area (Å²) >= 11 is 0. The standard InChI is InChI=1S/C18H28N2/c1-12(2)19-10-9-15-13(3)20-17-8-7-14(11-16(15)17)18(4,5)6/h7-8,11-12,19-20H,9-10H2,1-6H3. The summed E-state index contributed by atoms with van der Waals surface area (Å²) in [5.74, 6) is 0. The van der Waals surface area contributed by atoms with Crippen molar-refractivity contribution >= 4 is 10.9 Å². The average Bonchev–Trinajstić information content (AvgIpc) is 2.63. The molecule has 0 saturated heterocycles. The van der Waals surface area contributed by atoms with Crippen LogP contribution in [0.15, 0.2) is 18.2 Å². The van der Waals surface area contributed by atoms with Crippen molar-refractivity contribution in [1.29, 1.82) is 0 Å². The molecule has 2 rings (SSSR count). The van der Waals surface area contributed by atoms with Crippen molar-refractivity contribution in [2.24, 2.45) is 0 Å². The number of hydrogen-bond acceptors (Lipinski definition) is 1. The third-order valence-electron chi connectivity index (χ3n) is 3.91. The minimum absolute atomic E-state index is 0.201. The number of benzene rings is 1. The molecule has 0 aliphatic heterocycles. The number of hydrogen-bond donors (Lipinski definition) is 2. The van der Waals surface area contributed by atoms with Gasteiger partial charge < -0.3 is 10.3 Å². The van der Waals surface area contributed by atoms with Gasteiger partial charge in [-0.1, -0.05) is 40.7 Å². The Labute approximate surface area is 123 Å². The Kier molecular flexibility index (Phi) is 4.24. The maximum absolute atomic E-state index is 3.52. The minimum Gasteiger partial charge on any atom is -0.358 e. The Balaban J connectivity index is 2.35. The quantitative estimate of drug-likeness (QED) is 0.852. The number of rotatable bonds is 4. The predicted molar refractivity (Wildman–Crippen MR) is 88.6 cm³/mol. The third-order valence-corrected chi connectivity index (χ3v) is 3.91. The van der Waals surface area contributed by atoms with Crippen molar-refractivity contribution in [2.45, 2.75) is 59.4 Å². The molecule has 0 spiro atoms. The van der Waals surface area contributed by atoms with Gasteiger partial charge in [0.05, 0.1) is 0 Å². The maximum atomic E-state index is 3.52. The van der Waals surface area contributed by atoms with E-state index in [1.807, 2.05) is 0 Å². The predicted octanol–water partition coefficient (Wildman–Crippen LogP) is 4.31. The maximum Gasteiger partial charge on any atom is 0.0459 e. The molecule has 0 bridgehead atoms. The van der Waals surface area contributed by atoms with Gasteiger partial charge in [0.25, 0.3) is 0 Å². The van der Waals surface area contributed by atoms with E-state index in [9.17, 15) is 0 Å². The number of aromatic amines is 1. The van der Waals surface area contributed by atoms with Crippen molar-refractivity contribution in [3.8, 4) is 0 Å². The molecule has 0 unspecified atom stereocenters. The Morgan fingerprint density at radius 3 is 2.50 bits per heavy atom. The van der Waals surface area contributed by atoms with Gasteiger partial charge in [0.2, 0.25) is 0 Å². The first-order valence-electron chi connectivity index (χ1n) is 7.64. The second kappa shape index (κ2) is 5.61. The summed E-state index contributed by atoms with van der Waals surface area (Å²) in [4.78, 5) is 3.52. The van der Waals surface area contributed by atoms with Gasteiger partial charge in [0.1, 0.15) is 0 Å². The third kappa shape index (κ3) is 3.24. The van der Waals surface area contributed by atoms with Crippen LogP contribution in [0.3, 0.4) is 0 Å². The Hall–Kier alpha value is -1.28. The Bertz CT molecular complexity index is 585. The highest BCUT2D eigenvalue weighted by Crippen LogP contribution is 2.29. The molecule has 0 radical (unpaired) electrons. The second-order valence-electron chi connectivity index (χ2n) is 7.10. The van der Waals surface area contributed by atoms with Crippen LogP contribution in [0.1, 0.15) is 51.4 Å². The summed E-state index contributed by atoms with van der Waals surface area (Å²) in [6.45, 7) is 14.4. The molecule has 20 heavy (non-hydrogen) atoms. The molecule has 1 aromatic heterocycles. The molecule has 2 aromatic rings. The molecular weight excluding hydrogens is 244 g/mol. The number of fused-ring (bicyclic) bond motifs is 1. The summed E-state index contributed by atoms with van der Waals surface area (Å²) in [5, 5.41) is 4.90. The molecule has 2 nitrogen and oxygen atoms in total. The number of aryl methyl sites for hydroxylation is 1. The number of nitrogens with one attached hydrogen (secondary N) is 2. The van der Waals surface area contributed by atoms with Crippen LogP contribution in [-0.2, 0) is 11.8 Å². The summed E-state index contributed by atoms with van der Waals surface area (Å²) in [6.07, 6.45) is 1.08. The van der Waals surface area contributed by atoms with E-state index in [1.165, 1.54) is 27.7 Å². The molecular formula is C18H28N2. The van der Waals surface area contributed by atoms with E-state index >= 15 is 0 Å². The number of aromatic nitrogens is 1. The lowest BCUT2D eigenvalue weighted by Gasteiger charge is -2.19. The Morgan fingerprint density at radius 2 is 1.90 bits per heavy atom. The van der Waals surface area contributed by atoms with E-state index < -0.39 is 0 Å². The molecule has 2 heteroatoms. The molecule has 0 amide bonds. The van der Waals surface area contributed by atoms with Gasteiger partial charge in [-0.15, -0.1) is 0 Å². The zero-order valence-electron chi connectivity index (χ0n) is 13.7. The SMILES string of the molecule is Cc1[nH]c2ccc(C(C)(C)C)cc2c1CCNC(C)C. The highest BCUT2D eigenvalue weighted by molar-refractivity contribution is 5.85. The molecule has 0 atom stereocenters. The van der Waals surface area contributed by atoms with Gasteiger partial charge in [-0.05, 0) is 48.6 Å². The molecule has 1 aromatic carbocycles. The van der Waals surface area contributed by atoms with Gasteiger partial charge in [0.15, 0.2) is 0 Å². The molecule has 0 aliphatic rings. The molecule has 2 N–H and O–H groups in total. The van der Waals surface area contributed by atoms with Crippen LogP contribution in [0.4, 0.5) is 0 Å². The fourth-order valence-electron chi connectivity index (χ4n) is 2.66. The smallest absolute Gasteiger partial charge is 0.0459 e. The monoisotopic (exact) mass is 272 g/mol. The van der Waals surface area contributed by atoms with Crippen LogP contribution < -0.4 is 5.32 Å². The van der Waals surface area contributed by atoms with Crippen molar-refractivity contribution in [3.63, 3.8) is 0 Å². The summed E-state index contributed by atoms with van der Waals surface area (Å²) < 4.78 is 0. The minimum atomic E-state index is 0.201. The fraction of sp³-hybridized carbons (Fsp3) is 0.556. The van der Waals surface area contributed by atoms with Gasteiger partial charge in [-0.3, -0.25) is 0 Å². The highest BCUT2D eigenvalue weighted by Gasteiger charge is 2.16. The molecule has 110 valence electrons. The largest absolute Gasteiger partial charge is 0.358 e. The molecule has 0 aliphatic carbocycles.